The molecular weight excluding hydrogens is 360 g/mol. The summed E-state index contributed by atoms with van der Waals surface area (Å²) < 4.78 is 15.7. The Bertz CT molecular complexity index is 807. The Labute approximate surface area is 165 Å². The lowest BCUT2D eigenvalue weighted by Gasteiger charge is -2.11. The van der Waals surface area contributed by atoms with E-state index in [1.54, 1.807) is 27.4 Å². The van der Waals surface area contributed by atoms with Crippen LogP contribution in [0.2, 0.25) is 0 Å². The fourth-order valence-electron chi connectivity index (χ4n) is 2.67. The smallest absolute Gasteiger partial charge is 0.239 e. The SMILES string of the molecule is COc1ccccc1CNC(=O)CNC(=O)CCc1ccc(OC)c(OC)c1. The lowest BCUT2D eigenvalue weighted by Crippen LogP contribution is -2.36. The highest BCUT2D eigenvalue weighted by Crippen LogP contribution is 2.27. The molecular formula is C21H26N2O5. The third-order valence-electron chi connectivity index (χ3n) is 4.20. The Kier molecular flexibility index (Phi) is 8.14. The molecule has 0 saturated heterocycles. The van der Waals surface area contributed by atoms with Gasteiger partial charge in [0.15, 0.2) is 11.5 Å². The van der Waals surface area contributed by atoms with Crippen molar-refractivity contribution in [2.75, 3.05) is 27.9 Å². The van der Waals surface area contributed by atoms with Gasteiger partial charge in [-0.2, -0.15) is 0 Å². The number of amides is 2. The lowest BCUT2D eigenvalue weighted by atomic mass is 10.1. The first kappa shape index (κ1) is 21.1. The highest BCUT2D eigenvalue weighted by molar-refractivity contribution is 5.84. The van der Waals surface area contributed by atoms with Crippen molar-refractivity contribution in [3.8, 4) is 17.2 Å². The largest absolute Gasteiger partial charge is 0.496 e. The summed E-state index contributed by atoms with van der Waals surface area (Å²) in [6.45, 7) is 0.268. The minimum Gasteiger partial charge on any atom is -0.496 e. The second-order valence-electron chi connectivity index (χ2n) is 6.05. The number of methoxy groups -OCH3 is 3. The van der Waals surface area contributed by atoms with Crippen LogP contribution in [0.1, 0.15) is 17.5 Å². The van der Waals surface area contributed by atoms with E-state index in [0.717, 1.165) is 11.1 Å². The molecule has 2 aromatic carbocycles. The molecule has 0 aliphatic heterocycles. The Morgan fingerprint density at radius 3 is 2.25 bits per heavy atom. The third-order valence-corrected chi connectivity index (χ3v) is 4.20. The minimum atomic E-state index is -0.259. The van der Waals surface area contributed by atoms with Crippen LogP contribution in [-0.4, -0.2) is 39.7 Å². The molecule has 2 amide bonds. The fourth-order valence-corrected chi connectivity index (χ4v) is 2.67. The van der Waals surface area contributed by atoms with Crippen molar-refractivity contribution in [1.29, 1.82) is 0 Å². The molecule has 0 fully saturated rings. The number of carbonyl (C=O) groups excluding carboxylic acids is 2. The number of benzene rings is 2. The lowest BCUT2D eigenvalue weighted by molar-refractivity contribution is -0.126. The van der Waals surface area contributed by atoms with Crippen LogP contribution in [0.15, 0.2) is 42.5 Å². The molecule has 150 valence electrons. The van der Waals surface area contributed by atoms with E-state index in [9.17, 15) is 9.59 Å². The van der Waals surface area contributed by atoms with E-state index < -0.39 is 0 Å². The van der Waals surface area contributed by atoms with Crippen LogP contribution in [0, 0.1) is 0 Å². The van der Waals surface area contributed by atoms with Gasteiger partial charge in [-0.1, -0.05) is 24.3 Å². The maximum Gasteiger partial charge on any atom is 0.239 e. The first-order chi connectivity index (χ1) is 13.6. The number of para-hydroxylation sites is 1. The van der Waals surface area contributed by atoms with Crippen LogP contribution in [-0.2, 0) is 22.6 Å². The molecule has 0 bridgehead atoms. The quantitative estimate of drug-likeness (QED) is 0.653. The van der Waals surface area contributed by atoms with Crippen LogP contribution >= 0.6 is 0 Å². The van der Waals surface area contributed by atoms with E-state index in [0.29, 0.717) is 30.2 Å². The van der Waals surface area contributed by atoms with E-state index in [-0.39, 0.29) is 24.8 Å². The Balaban J connectivity index is 1.74. The second-order valence-corrected chi connectivity index (χ2v) is 6.05. The van der Waals surface area contributed by atoms with Crippen molar-refractivity contribution in [2.45, 2.75) is 19.4 Å². The van der Waals surface area contributed by atoms with Crippen LogP contribution < -0.4 is 24.8 Å². The summed E-state index contributed by atoms with van der Waals surface area (Å²) in [5, 5.41) is 5.40. The summed E-state index contributed by atoms with van der Waals surface area (Å²) in [4.78, 5) is 24.0. The van der Waals surface area contributed by atoms with Gasteiger partial charge in [0, 0.05) is 18.5 Å². The topological polar surface area (TPSA) is 85.9 Å². The summed E-state index contributed by atoms with van der Waals surface area (Å²) in [5.41, 5.74) is 1.83. The number of hydrogen-bond donors (Lipinski definition) is 2. The molecule has 0 saturated carbocycles. The van der Waals surface area contributed by atoms with Gasteiger partial charge < -0.3 is 24.8 Å². The molecule has 28 heavy (non-hydrogen) atoms. The van der Waals surface area contributed by atoms with E-state index in [4.69, 9.17) is 14.2 Å². The number of aryl methyl sites for hydroxylation is 1. The van der Waals surface area contributed by atoms with Crippen molar-refractivity contribution < 1.29 is 23.8 Å². The van der Waals surface area contributed by atoms with Crippen molar-refractivity contribution in [2.24, 2.45) is 0 Å². The van der Waals surface area contributed by atoms with Crippen LogP contribution in [0.3, 0.4) is 0 Å². The highest BCUT2D eigenvalue weighted by Gasteiger charge is 2.09. The van der Waals surface area contributed by atoms with Gasteiger partial charge in [0.1, 0.15) is 5.75 Å². The summed E-state index contributed by atoms with van der Waals surface area (Å²) in [7, 11) is 4.72. The van der Waals surface area contributed by atoms with E-state index in [1.165, 1.54) is 0 Å². The fraction of sp³-hybridized carbons (Fsp3) is 0.333. The Morgan fingerprint density at radius 2 is 1.54 bits per heavy atom. The number of hydrogen-bond acceptors (Lipinski definition) is 5. The average molecular weight is 386 g/mol. The standard InChI is InChI=1S/C21H26N2O5/c1-26-17-7-5-4-6-16(17)13-22-21(25)14-23-20(24)11-9-15-8-10-18(27-2)19(12-15)28-3/h4-8,10,12H,9,11,13-14H2,1-3H3,(H,22,25)(H,23,24). The van der Waals surface area contributed by atoms with Crippen LogP contribution in [0.25, 0.3) is 0 Å². The summed E-state index contributed by atoms with van der Waals surface area (Å²) in [6, 6.07) is 13.0. The molecule has 7 heteroatoms. The van der Waals surface area contributed by atoms with Gasteiger partial charge in [-0.3, -0.25) is 9.59 Å². The monoisotopic (exact) mass is 386 g/mol. The first-order valence-corrected chi connectivity index (χ1v) is 8.93. The van der Waals surface area contributed by atoms with E-state index in [2.05, 4.69) is 10.6 Å². The van der Waals surface area contributed by atoms with Gasteiger partial charge in [0.05, 0.1) is 27.9 Å². The van der Waals surface area contributed by atoms with Crippen molar-refractivity contribution in [3.05, 3.63) is 53.6 Å². The third kappa shape index (κ3) is 6.19. The number of nitrogens with one attached hydrogen (secondary N) is 2. The average Bonchev–Trinajstić information content (AvgIpc) is 2.74. The van der Waals surface area contributed by atoms with E-state index >= 15 is 0 Å². The molecule has 2 aromatic rings. The molecule has 0 unspecified atom stereocenters. The summed E-state index contributed by atoms with van der Waals surface area (Å²) in [6.07, 6.45) is 0.810. The molecule has 0 radical (unpaired) electrons. The summed E-state index contributed by atoms with van der Waals surface area (Å²) >= 11 is 0. The Morgan fingerprint density at radius 1 is 0.821 bits per heavy atom. The van der Waals surface area contributed by atoms with Gasteiger partial charge in [-0.05, 0) is 30.2 Å². The zero-order valence-electron chi connectivity index (χ0n) is 16.4. The minimum absolute atomic E-state index is 0.0695. The molecule has 2 rings (SSSR count). The predicted molar refractivity (Wildman–Crippen MR) is 106 cm³/mol. The molecule has 0 atom stereocenters. The molecule has 2 N–H and O–H groups in total. The second kappa shape index (κ2) is 10.8. The van der Waals surface area contributed by atoms with Gasteiger partial charge in [-0.25, -0.2) is 0 Å². The van der Waals surface area contributed by atoms with Gasteiger partial charge in [0.25, 0.3) is 0 Å². The maximum atomic E-state index is 12.0. The van der Waals surface area contributed by atoms with Crippen LogP contribution in [0.5, 0.6) is 17.2 Å². The zero-order valence-corrected chi connectivity index (χ0v) is 16.4. The molecule has 0 heterocycles. The van der Waals surface area contributed by atoms with Gasteiger partial charge in [-0.15, -0.1) is 0 Å². The number of carbonyl (C=O) groups is 2. The van der Waals surface area contributed by atoms with Crippen molar-refractivity contribution >= 4 is 11.8 Å². The molecule has 0 aliphatic rings. The predicted octanol–water partition coefficient (Wildman–Crippen LogP) is 2.08. The maximum absolute atomic E-state index is 12.0. The van der Waals surface area contributed by atoms with Gasteiger partial charge in [0.2, 0.25) is 11.8 Å². The molecule has 0 aromatic heterocycles. The van der Waals surface area contributed by atoms with E-state index in [1.807, 2.05) is 36.4 Å². The Hall–Kier alpha value is -3.22. The van der Waals surface area contributed by atoms with Gasteiger partial charge >= 0.3 is 0 Å². The molecule has 0 spiro atoms. The number of ether oxygens (including phenoxy) is 3. The van der Waals surface area contributed by atoms with Crippen LogP contribution in [0.4, 0.5) is 0 Å². The summed E-state index contributed by atoms with van der Waals surface area (Å²) in [5.74, 6) is 1.52. The normalized spacial score (nSPS) is 10.1. The number of rotatable bonds is 10. The van der Waals surface area contributed by atoms with Crippen molar-refractivity contribution in [1.82, 2.24) is 10.6 Å². The zero-order chi connectivity index (χ0) is 20.4. The first-order valence-electron chi connectivity index (χ1n) is 8.93. The molecule has 7 nitrogen and oxygen atoms in total. The molecule has 0 aliphatic carbocycles. The highest BCUT2D eigenvalue weighted by atomic mass is 16.5. The van der Waals surface area contributed by atoms with Crippen molar-refractivity contribution in [3.63, 3.8) is 0 Å².